The lowest BCUT2D eigenvalue weighted by atomic mass is 10.3. The van der Waals surface area contributed by atoms with Crippen molar-refractivity contribution in [2.75, 3.05) is 22.9 Å². The lowest BCUT2D eigenvalue weighted by Crippen LogP contribution is -2.29. The van der Waals surface area contributed by atoms with E-state index in [1.54, 1.807) is 0 Å². The molecule has 6 N–H and O–H groups in total. The van der Waals surface area contributed by atoms with Gasteiger partial charge in [0.1, 0.15) is 11.6 Å². The van der Waals surface area contributed by atoms with Gasteiger partial charge in [-0.1, -0.05) is 0 Å². The van der Waals surface area contributed by atoms with E-state index in [2.05, 4.69) is 9.97 Å². The molecule has 2 heterocycles. The molecular weight excluding hydrogens is 196 g/mol. The fraction of sp³-hybridized carbons (Fsp3) is 0.375. The number of rotatable bonds is 1. The molecule has 1 aliphatic heterocycles. The summed E-state index contributed by atoms with van der Waals surface area (Å²) in [6.45, 7) is 0.404. The van der Waals surface area contributed by atoms with Crippen LogP contribution in [0.2, 0.25) is 0 Å². The van der Waals surface area contributed by atoms with E-state index in [4.69, 9.17) is 17.2 Å². The Kier molecular flexibility index (Phi) is 2.16. The van der Waals surface area contributed by atoms with E-state index in [0.717, 1.165) is 0 Å². The molecule has 15 heavy (non-hydrogen) atoms. The molecule has 1 aromatic heterocycles. The van der Waals surface area contributed by atoms with Crippen LogP contribution in [0.4, 0.5) is 17.6 Å². The molecule has 1 unspecified atom stereocenters. The summed E-state index contributed by atoms with van der Waals surface area (Å²) in [4.78, 5) is 20.8. The molecule has 7 heteroatoms. The first-order chi connectivity index (χ1) is 7.06. The Morgan fingerprint density at radius 1 is 1.33 bits per heavy atom. The van der Waals surface area contributed by atoms with Crippen molar-refractivity contribution in [3.63, 3.8) is 0 Å². The van der Waals surface area contributed by atoms with Crippen LogP contribution in [0.1, 0.15) is 6.42 Å². The highest BCUT2D eigenvalue weighted by atomic mass is 16.2. The molecule has 1 saturated heterocycles. The highest BCUT2D eigenvalue weighted by Crippen LogP contribution is 2.18. The van der Waals surface area contributed by atoms with Gasteiger partial charge in [0.2, 0.25) is 11.9 Å². The summed E-state index contributed by atoms with van der Waals surface area (Å²) in [5, 5.41) is 0. The molecule has 0 spiro atoms. The molecule has 0 radical (unpaired) electrons. The molecule has 1 atom stereocenters. The number of hydrogen-bond acceptors (Lipinski definition) is 6. The monoisotopic (exact) mass is 208 g/mol. The number of aromatic nitrogens is 2. The average Bonchev–Trinajstić information content (AvgIpc) is 2.43. The first kappa shape index (κ1) is 9.66. The maximum atomic E-state index is 11.5. The molecule has 0 saturated carbocycles. The number of carbonyl (C=O) groups excluding carboxylic acids is 1. The zero-order valence-corrected chi connectivity index (χ0v) is 8.05. The van der Waals surface area contributed by atoms with Crippen molar-refractivity contribution in [3.05, 3.63) is 6.07 Å². The van der Waals surface area contributed by atoms with Crippen LogP contribution in [0.3, 0.4) is 0 Å². The second-order valence-electron chi connectivity index (χ2n) is 3.49. The third-order valence-corrected chi connectivity index (χ3v) is 2.15. The van der Waals surface area contributed by atoms with Gasteiger partial charge in [-0.3, -0.25) is 9.69 Å². The van der Waals surface area contributed by atoms with Crippen LogP contribution >= 0.6 is 0 Å². The largest absolute Gasteiger partial charge is 0.383 e. The van der Waals surface area contributed by atoms with Crippen LogP contribution in [0, 0.1) is 0 Å². The minimum atomic E-state index is -0.177. The van der Waals surface area contributed by atoms with Gasteiger partial charge in [-0.05, 0) is 0 Å². The molecule has 2 rings (SSSR count). The first-order valence-corrected chi connectivity index (χ1v) is 4.52. The quantitative estimate of drug-likeness (QED) is 0.527. The Morgan fingerprint density at radius 3 is 2.40 bits per heavy atom. The van der Waals surface area contributed by atoms with Crippen LogP contribution < -0.4 is 22.1 Å². The van der Waals surface area contributed by atoms with Crippen molar-refractivity contribution >= 4 is 23.5 Å². The van der Waals surface area contributed by atoms with Crippen LogP contribution in [-0.2, 0) is 4.79 Å². The lowest BCUT2D eigenvalue weighted by molar-refractivity contribution is -0.117. The zero-order valence-electron chi connectivity index (χ0n) is 8.05. The van der Waals surface area contributed by atoms with Gasteiger partial charge in [-0.2, -0.15) is 9.97 Å². The average molecular weight is 208 g/mol. The maximum Gasteiger partial charge on any atom is 0.236 e. The molecule has 0 aromatic carbocycles. The number of amides is 1. The maximum absolute atomic E-state index is 11.5. The van der Waals surface area contributed by atoms with E-state index >= 15 is 0 Å². The van der Waals surface area contributed by atoms with Gasteiger partial charge in [-0.25, -0.2) is 0 Å². The topological polar surface area (TPSA) is 124 Å². The molecule has 80 valence electrons. The summed E-state index contributed by atoms with van der Waals surface area (Å²) < 4.78 is 0. The standard InChI is InChI=1S/C8H12N6O/c9-4-1-7(15)14(3-4)8-12-5(10)2-6(11)13-8/h2,4H,1,3,9H2,(H4,10,11,12,13). The third-order valence-electron chi connectivity index (χ3n) is 2.15. The van der Waals surface area contributed by atoms with Crippen LogP contribution in [0.5, 0.6) is 0 Å². The molecule has 0 bridgehead atoms. The van der Waals surface area contributed by atoms with Gasteiger partial charge in [0, 0.05) is 25.1 Å². The highest BCUT2D eigenvalue weighted by Gasteiger charge is 2.30. The van der Waals surface area contributed by atoms with E-state index in [9.17, 15) is 4.79 Å². The lowest BCUT2D eigenvalue weighted by Gasteiger charge is -2.14. The van der Waals surface area contributed by atoms with E-state index in [1.165, 1.54) is 11.0 Å². The van der Waals surface area contributed by atoms with Crippen molar-refractivity contribution in [3.8, 4) is 0 Å². The molecule has 1 amide bonds. The van der Waals surface area contributed by atoms with Crippen molar-refractivity contribution in [2.24, 2.45) is 5.73 Å². The van der Waals surface area contributed by atoms with E-state index < -0.39 is 0 Å². The number of anilines is 3. The Bertz CT molecular complexity index is 386. The summed E-state index contributed by atoms with van der Waals surface area (Å²) in [5.74, 6) is 0.606. The fourth-order valence-corrected chi connectivity index (χ4v) is 1.52. The molecule has 0 aliphatic carbocycles. The number of nitrogen functional groups attached to an aromatic ring is 2. The van der Waals surface area contributed by atoms with Crippen molar-refractivity contribution < 1.29 is 4.79 Å². The second-order valence-corrected chi connectivity index (χ2v) is 3.49. The molecule has 7 nitrogen and oxygen atoms in total. The Hall–Kier alpha value is -1.89. The summed E-state index contributed by atoms with van der Waals surface area (Å²) in [7, 11) is 0. The summed E-state index contributed by atoms with van der Waals surface area (Å²) in [6, 6.07) is 1.26. The minimum Gasteiger partial charge on any atom is -0.383 e. The SMILES string of the molecule is Nc1cc(N)nc(N2CC(N)CC2=O)n1. The smallest absolute Gasteiger partial charge is 0.236 e. The first-order valence-electron chi connectivity index (χ1n) is 4.52. The molecule has 1 fully saturated rings. The van der Waals surface area contributed by atoms with Gasteiger partial charge in [-0.15, -0.1) is 0 Å². The van der Waals surface area contributed by atoms with Gasteiger partial charge < -0.3 is 17.2 Å². The van der Waals surface area contributed by atoms with Gasteiger partial charge in [0.25, 0.3) is 0 Å². The zero-order chi connectivity index (χ0) is 11.0. The van der Waals surface area contributed by atoms with Crippen molar-refractivity contribution in [2.45, 2.75) is 12.5 Å². The van der Waals surface area contributed by atoms with E-state index in [-0.39, 0.29) is 29.5 Å². The van der Waals surface area contributed by atoms with E-state index in [0.29, 0.717) is 13.0 Å². The minimum absolute atomic E-state index is 0.104. The van der Waals surface area contributed by atoms with Crippen molar-refractivity contribution in [1.82, 2.24) is 9.97 Å². The van der Waals surface area contributed by atoms with Crippen molar-refractivity contribution in [1.29, 1.82) is 0 Å². The highest BCUT2D eigenvalue weighted by molar-refractivity contribution is 5.94. The Labute approximate surface area is 86.3 Å². The number of nitrogens with zero attached hydrogens (tertiary/aromatic N) is 3. The third kappa shape index (κ3) is 1.82. The number of hydrogen-bond donors (Lipinski definition) is 3. The summed E-state index contributed by atoms with van der Waals surface area (Å²) in [6.07, 6.45) is 0.304. The van der Waals surface area contributed by atoms with Crippen LogP contribution in [0.15, 0.2) is 6.07 Å². The predicted molar refractivity (Wildman–Crippen MR) is 55.8 cm³/mol. The van der Waals surface area contributed by atoms with Crippen LogP contribution in [-0.4, -0.2) is 28.5 Å². The van der Waals surface area contributed by atoms with Crippen LogP contribution in [0.25, 0.3) is 0 Å². The Morgan fingerprint density at radius 2 is 1.93 bits per heavy atom. The molecule has 1 aromatic rings. The normalized spacial score (nSPS) is 21.0. The summed E-state index contributed by atoms with van der Waals surface area (Å²) in [5.41, 5.74) is 16.7. The number of carbonyl (C=O) groups is 1. The number of nitrogens with two attached hydrogens (primary N) is 3. The molecular formula is C8H12N6O. The second kappa shape index (κ2) is 3.35. The van der Waals surface area contributed by atoms with Gasteiger partial charge in [0.05, 0.1) is 0 Å². The van der Waals surface area contributed by atoms with Gasteiger partial charge in [0.15, 0.2) is 0 Å². The fourth-order valence-electron chi connectivity index (χ4n) is 1.52. The predicted octanol–water partition coefficient (Wildman–Crippen LogP) is -1.29. The van der Waals surface area contributed by atoms with Gasteiger partial charge >= 0.3 is 0 Å². The Balaban J connectivity index is 2.33. The molecule has 1 aliphatic rings. The van der Waals surface area contributed by atoms with E-state index in [1.807, 2.05) is 0 Å². The summed E-state index contributed by atoms with van der Waals surface area (Å²) >= 11 is 0.